The molecular weight excluding hydrogens is 241 g/mol. The third-order valence-electron chi connectivity index (χ3n) is 2.03. The van der Waals surface area contributed by atoms with Crippen molar-refractivity contribution in [1.82, 2.24) is 0 Å². The van der Waals surface area contributed by atoms with Crippen molar-refractivity contribution in [3.05, 3.63) is 48.3 Å². The van der Waals surface area contributed by atoms with E-state index in [2.05, 4.69) is 12.6 Å². The first-order valence-electron chi connectivity index (χ1n) is 4.67. The Morgan fingerprint density at radius 2 is 1.81 bits per heavy atom. The van der Waals surface area contributed by atoms with Crippen LogP contribution in [0.1, 0.15) is 0 Å². The topological polar surface area (TPSA) is 26.0 Å². The molecule has 4 heteroatoms. The molecule has 0 aliphatic carbocycles. The quantitative estimate of drug-likeness (QED) is 0.626. The van der Waals surface area contributed by atoms with E-state index in [0.717, 1.165) is 14.7 Å². The summed E-state index contributed by atoms with van der Waals surface area (Å²) in [6.07, 6.45) is 0. The van der Waals surface area contributed by atoms with Gasteiger partial charge in [0.1, 0.15) is 5.82 Å². The van der Waals surface area contributed by atoms with Crippen LogP contribution in [0.3, 0.4) is 0 Å². The second-order valence-electron chi connectivity index (χ2n) is 3.28. The first kappa shape index (κ1) is 11.4. The lowest BCUT2D eigenvalue weighted by molar-refractivity contribution is 0.624. The van der Waals surface area contributed by atoms with E-state index >= 15 is 0 Å². The molecule has 2 aromatic rings. The fourth-order valence-corrected chi connectivity index (χ4v) is 2.31. The van der Waals surface area contributed by atoms with Gasteiger partial charge in [0.15, 0.2) is 0 Å². The number of benzene rings is 2. The Morgan fingerprint density at radius 1 is 1.06 bits per heavy atom. The third-order valence-corrected chi connectivity index (χ3v) is 3.42. The molecule has 0 saturated carbocycles. The smallest absolute Gasteiger partial charge is 0.124 e. The highest BCUT2D eigenvalue weighted by Crippen LogP contribution is 2.31. The highest BCUT2D eigenvalue weighted by atomic mass is 32.2. The number of thiol groups is 1. The molecule has 16 heavy (non-hydrogen) atoms. The van der Waals surface area contributed by atoms with Gasteiger partial charge in [-0.3, -0.25) is 0 Å². The van der Waals surface area contributed by atoms with E-state index in [1.165, 1.54) is 23.9 Å². The molecule has 0 unspecified atom stereocenters. The SMILES string of the molecule is Nc1cc(Sc2cccc(F)c2)ccc1S. The standard InChI is InChI=1S/C12H10FNS2/c13-8-2-1-3-9(6-8)16-10-4-5-12(15)11(14)7-10/h1-7,15H,14H2. The average molecular weight is 251 g/mol. The Balaban J connectivity index is 2.24. The molecule has 0 spiro atoms. The van der Waals surface area contributed by atoms with Crippen molar-refractivity contribution >= 4 is 30.1 Å². The normalized spacial score (nSPS) is 10.4. The van der Waals surface area contributed by atoms with Gasteiger partial charge in [-0.1, -0.05) is 17.8 Å². The molecule has 0 saturated heterocycles. The summed E-state index contributed by atoms with van der Waals surface area (Å²) in [5, 5.41) is 0. The molecule has 0 atom stereocenters. The van der Waals surface area contributed by atoms with Crippen LogP contribution >= 0.6 is 24.4 Å². The minimum absolute atomic E-state index is 0.233. The zero-order valence-electron chi connectivity index (χ0n) is 8.35. The Bertz CT molecular complexity index is 514. The van der Waals surface area contributed by atoms with Gasteiger partial charge in [0, 0.05) is 20.4 Å². The van der Waals surface area contributed by atoms with Crippen LogP contribution in [-0.2, 0) is 0 Å². The molecule has 0 bridgehead atoms. The molecule has 0 fully saturated rings. The summed E-state index contributed by atoms with van der Waals surface area (Å²) in [4.78, 5) is 2.58. The van der Waals surface area contributed by atoms with E-state index in [-0.39, 0.29) is 5.82 Å². The van der Waals surface area contributed by atoms with E-state index < -0.39 is 0 Å². The van der Waals surface area contributed by atoms with Crippen LogP contribution in [0.25, 0.3) is 0 Å². The maximum absolute atomic E-state index is 13.0. The maximum atomic E-state index is 13.0. The Morgan fingerprint density at radius 3 is 2.50 bits per heavy atom. The van der Waals surface area contributed by atoms with E-state index in [1.54, 1.807) is 6.07 Å². The van der Waals surface area contributed by atoms with E-state index in [9.17, 15) is 4.39 Å². The van der Waals surface area contributed by atoms with E-state index in [1.807, 2.05) is 24.3 Å². The number of nitrogen functional groups attached to an aromatic ring is 1. The predicted molar refractivity (Wildman–Crippen MR) is 68.6 cm³/mol. The third kappa shape index (κ3) is 2.71. The summed E-state index contributed by atoms with van der Waals surface area (Å²) in [5.41, 5.74) is 6.37. The van der Waals surface area contributed by atoms with Crippen molar-refractivity contribution < 1.29 is 4.39 Å². The van der Waals surface area contributed by atoms with Gasteiger partial charge in [-0.2, -0.15) is 0 Å². The van der Waals surface area contributed by atoms with E-state index in [0.29, 0.717) is 5.69 Å². The van der Waals surface area contributed by atoms with Crippen molar-refractivity contribution in [2.45, 2.75) is 14.7 Å². The number of hydrogen-bond donors (Lipinski definition) is 2. The molecule has 0 amide bonds. The van der Waals surface area contributed by atoms with Crippen LogP contribution in [0.15, 0.2) is 57.2 Å². The largest absolute Gasteiger partial charge is 0.398 e. The summed E-state index contributed by atoms with van der Waals surface area (Å²) < 4.78 is 13.0. The monoisotopic (exact) mass is 251 g/mol. The van der Waals surface area contributed by atoms with E-state index in [4.69, 9.17) is 5.73 Å². The van der Waals surface area contributed by atoms with Crippen LogP contribution in [0.5, 0.6) is 0 Å². The zero-order chi connectivity index (χ0) is 11.5. The number of halogens is 1. The van der Waals surface area contributed by atoms with Gasteiger partial charge in [-0.25, -0.2) is 4.39 Å². The maximum Gasteiger partial charge on any atom is 0.124 e. The van der Waals surface area contributed by atoms with Gasteiger partial charge >= 0.3 is 0 Å². The molecule has 1 nitrogen and oxygen atoms in total. The molecule has 82 valence electrons. The summed E-state index contributed by atoms with van der Waals surface area (Å²) in [7, 11) is 0. The van der Waals surface area contributed by atoms with Crippen molar-refractivity contribution in [2.75, 3.05) is 5.73 Å². The van der Waals surface area contributed by atoms with Crippen LogP contribution in [-0.4, -0.2) is 0 Å². The molecule has 2 N–H and O–H groups in total. The first-order valence-corrected chi connectivity index (χ1v) is 5.93. The second kappa shape index (κ2) is 4.80. The van der Waals surface area contributed by atoms with Gasteiger partial charge in [0.25, 0.3) is 0 Å². The molecule has 0 aliphatic heterocycles. The fourth-order valence-electron chi connectivity index (χ4n) is 1.26. The van der Waals surface area contributed by atoms with Gasteiger partial charge in [0.05, 0.1) is 0 Å². The minimum atomic E-state index is -0.233. The molecule has 2 rings (SSSR count). The highest BCUT2D eigenvalue weighted by molar-refractivity contribution is 7.99. The predicted octanol–water partition coefficient (Wildman–Crippen LogP) is 3.85. The molecule has 0 radical (unpaired) electrons. The van der Waals surface area contributed by atoms with Crippen LogP contribution in [0, 0.1) is 5.82 Å². The second-order valence-corrected chi connectivity index (χ2v) is 4.91. The number of nitrogens with two attached hydrogens (primary N) is 1. The van der Waals surface area contributed by atoms with Crippen LogP contribution in [0.2, 0.25) is 0 Å². The number of hydrogen-bond acceptors (Lipinski definition) is 3. The molecule has 0 aliphatic rings. The number of anilines is 1. The van der Waals surface area contributed by atoms with Gasteiger partial charge in [-0.05, 0) is 36.4 Å². The Hall–Kier alpha value is -1.13. The molecular formula is C12H10FNS2. The fraction of sp³-hybridized carbons (Fsp3) is 0. The Labute approximate surface area is 103 Å². The van der Waals surface area contributed by atoms with Crippen LogP contribution in [0.4, 0.5) is 10.1 Å². The van der Waals surface area contributed by atoms with Gasteiger partial charge in [-0.15, -0.1) is 12.6 Å². The minimum Gasteiger partial charge on any atom is -0.398 e. The molecule has 2 aromatic carbocycles. The van der Waals surface area contributed by atoms with Gasteiger partial charge in [0.2, 0.25) is 0 Å². The zero-order valence-corrected chi connectivity index (χ0v) is 10.1. The van der Waals surface area contributed by atoms with Crippen molar-refractivity contribution in [2.24, 2.45) is 0 Å². The number of rotatable bonds is 2. The van der Waals surface area contributed by atoms with Gasteiger partial charge < -0.3 is 5.73 Å². The highest BCUT2D eigenvalue weighted by Gasteiger charge is 2.01. The molecule has 0 heterocycles. The lowest BCUT2D eigenvalue weighted by Crippen LogP contribution is -1.86. The summed E-state index contributed by atoms with van der Waals surface area (Å²) >= 11 is 5.66. The molecule has 0 aromatic heterocycles. The summed E-state index contributed by atoms with van der Waals surface area (Å²) in [6, 6.07) is 12.0. The van der Waals surface area contributed by atoms with Crippen molar-refractivity contribution in [3.8, 4) is 0 Å². The average Bonchev–Trinajstić information content (AvgIpc) is 2.24. The van der Waals surface area contributed by atoms with Crippen molar-refractivity contribution in [1.29, 1.82) is 0 Å². The van der Waals surface area contributed by atoms with Crippen molar-refractivity contribution in [3.63, 3.8) is 0 Å². The summed E-state index contributed by atoms with van der Waals surface area (Å²) in [6.45, 7) is 0. The van der Waals surface area contributed by atoms with Crippen LogP contribution < -0.4 is 5.73 Å². The first-order chi connectivity index (χ1) is 7.65. The lowest BCUT2D eigenvalue weighted by Gasteiger charge is -2.04. The Kier molecular flexibility index (Phi) is 3.41. The summed E-state index contributed by atoms with van der Waals surface area (Å²) in [5.74, 6) is -0.233. The lowest BCUT2D eigenvalue weighted by atomic mass is 10.3.